The van der Waals surface area contributed by atoms with Crippen LogP contribution in [0.3, 0.4) is 0 Å². The van der Waals surface area contributed by atoms with Gasteiger partial charge < -0.3 is 0 Å². The molecule has 1 rings (SSSR count). The standard InChI is InChI=1S/C6H5Cl.C2H4Cl2/c7-6-4-2-1-3-5-6;3-1-2-4/h1-5H;1-2H2. The van der Waals surface area contributed by atoms with Crippen molar-refractivity contribution < 1.29 is 0 Å². The molecule has 0 aliphatic heterocycles. The van der Waals surface area contributed by atoms with Crippen LogP contribution in [0.5, 0.6) is 0 Å². The zero-order valence-corrected chi connectivity index (χ0v) is 8.20. The molecule has 0 spiro atoms. The van der Waals surface area contributed by atoms with Crippen LogP contribution in [-0.2, 0) is 0 Å². The molecular formula is C8H9Cl3. The van der Waals surface area contributed by atoms with Crippen molar-refractivity contribution >= 4 is 34.8 Å². The second kappa shape index (κ2) is 8.19. The maximum Gasteiger partial charge on any atom is 0.0405 e. The average Bonchev–Trinajstić information content (AvgIpc) is 2.07. The van der Waals surface area contributed by atoms with Gasteiger partial charge in [0.2, 0.25) is 0 Å². The Balaban J connectivity index is 0.000000218. The minimum Gasteiger partial charge on any atom is -0.125 e. The van der Waals surface area contributed by atoms with Gasteiger partial charge in [-0.05, 0) is 12.1 Å². The third-order valence-corrected chi connectivity index (χ3v) is 1.63. The third kappa shape index (κ3) is 7.99. The summed E-state index contributed by atoms with van der Waals surface area (Å²) in [5.74, 6) is 1.11. The monoisotopic (exact) mass is 210 g/mol. The zero-order chi connectivity index (χ0) is 8.53. The molecule has 0 radical (unpaired) electrons. The number of alkyl halides is 2. The fourth-order valence-electron chi connectivity index (χ4n) is 0.415. The minimum absolute atomic E-state index is 0.557. The van der Waals surface area contributed by atoms with Gasteiger partial charge in [-0.25, -0.2) is 0 Å². The maximum absolute atomic E-state index is 5.54. The van der Waals surface area contributed by atoms with Gasteiger partial charge in [0, 0.05) is 16.8 Å². The third-order valence-electron chi connectivity index (χ3n) is 0.805. The highest BCUT2D eigenvalue weighted by atomic mass is 35.5. The quantitative estimate of drug-likeness (QED) is 0.620. The second-order valence-electron chi connectivity index (χ2n) is 1.67. The van der Waals surface area contributed by atoms with Gasteiger partial charge in [-0.2, -0.15) is 0 Å². The Bertz CT molecular complexity index is 160. The van der Waals surface area contributed by atoms with Crippen molar-refractivity contribution in [2.45, 2.75) is 0 Å². The van der Waals surface area contributed by atoms with E-state index in [0.717, 1.165) is 5.02 Å². The smallest absolute Gasteiger partial charge is 0.0405 e. The van der Waals surface area contributed by atoms with Crippen LogP contribution in [0.25, 0.3) is 0 Å². The Labute approximate surface area is 82.1 Å². The molecule has 0 saturated carbocycles. The molecule has 0 saturated heterocycles. The molecule has 0 aliphatic rings. The predicted molar refractivity (Wildman–Crippen MR) is 52.9 cm³/mol. The fraction of sp³-hybridized carbons (Fsp3) is 0.250. The Hall–Kier alpha value is 0.0900. The van der Waals surface area contributed by atoms with Gasteiger partial charge >= 0.3 is 0 Å². The van der Waals surface area contributed by atoms with E-state index < -0.39 is 0 Å². The first-order valence-corrected chi connectivity index (χ1v) is 4.58. The molecular weight excluding hydrogens is 202 g/mol. The molecule has 0 bridgehead atoms. The van der Waals surface area contributed by atoms with E-state index in [1.54, 1.807) is 0 Å². The molecule has 0 aromatic heterocycles. The van der Waals surface area contributed by atoms with Crippen LogP contribution in [0.15, 0.2) is 30.3 Å². The van der Waals surface area contributed by atoms with E-state index in [2.05, 4.69) is 0 Å². The lowest BCUT2D eigenvalue weighted by Gasteiger charge is -1.80. The normalized spacial score (nSPS) is 8.27. The minimum atomic E-state index is 0.557. The first kappa shape index (κ1) is 11.1. The number of halogens is 3. The van der Waals surface area contributed by atoms with Gasteiger partial charge in [0.1, 0.15) is 0 Å². The molecule has 1 aromatic carbocycles. The first-order valence-electron chi connectivity index (χ1n) is 3.13. The molecule has 0 atom stereocenters. The highest BCUT2D eigenvalue weighted by Gasteiger charge is 1.74. The van der Waals surface area contributed by atoms with E-state index in [-0.39, 0.29) is 0 Å². The van der Waals surface area contributed by atoms with E-state index in [9.17, 15) is 0 Å². The van der Waals surface area contributed by atoms with Crippen molar-refractivity contribution in [2.75, 3.05) is 11.8 Å². The molecule has 0 unspecified atom stereocenters. The summed E-state index contributed by atoms with van der Waals surface area (Å²) in [6.07, 6.45) is 0. The number of rotatable bonds is 1. The summed E-state index contributed by atoms with van der Waals surface area (Å²) >= 11 is 15.6. The van der Waals surface area contributed by atoms with Crippen LogP contribution in [0.2, 0.25) is 5.02 Å². The maximum atomic E-state index is 5.54. The summed E-state index contributed by atoms with van der Waals surface area (Å²) in [5, 5.41) is 0.794. The molecule has 1 aromatic rings. The summed E-state index contributed by atoms with van der Waals surface area (Å²) in [4.78, 5) is 0. The molecule has 3 heteroatoms. The van der Waals surface area contributed by atoms with Gasteiger partial charge in [-0.15, -0.1) is 23.2 Å². The van der Waals surface area contributed by atoms with Crippen LogP contribution in [0.1, 0.15) is 0 Å². The lowest BCUT2D eigenvalue weighted by atomic mass is 10.4. The molecule has 0 heterocycles. The summed E-state index contributed by atoms with van der Waals surface area (Å²) < 4.78 is 0. The summed E-state index contributed by atoms with van der Waals surface area (Å²) in [5.41, 5.74) is 0. The molecule has 0 amide bonds. The Kier molecular flexibility index (Phi) is 8.26. The van der Waals surface area contributed by atoms with E-state index in [4.69, 9.17) is 34.8 Å². The average molecular weight is 212 g/mol. The Morgan fingerprint density at radius 2 is 1.36 bits per heavy atom. The molecule has 11 heavy (non-hydrogen) atoms. The van der Waals surface area contributed by atoms with E-state index in [1.165, 1.54) is 0 Å². The highest BCUT2D eigenvalue weighted by molar-refractivity contribution is 6.30. The molecule has 0 aliphatic carbocycles. The highest BCUT2D eigenvalue weighted by Crippen LogP contribution is 2.03. The van der Waals surface area contributed by atoms with Gasteiger partial charge in [0.25, 0.3) is 0 Å². The van der Waals surface area contributed by atoms with E-state index in [0.29, 0.717) is 11.8 Å². The van der Waals surface area contributed by atoms with Crippen molar-refractivity contribution in [1.82, 2.24) is 0 Å². The number of benzene rings is 1. The van der Waals surface area contributed by atoms with Crippen molar-refractivity contribution in [3.05, 3.63) is 35.4 Å². The molecule has 0 nitrogen and oxygen atoms in total. The lowest BCUT2D eigenvalue weighted by molar-refractivity contribution is 1.52. The largest absolute Gasteiger partial charge is 0.125 e. The van der Waals surface area contributed by atoms with E-state index in [1.807, 2.05) is 30.3 Å². The van der Waals surface area contributed by atoms with Crippen molar-refractivity contribution in [1.29, 1.82) is 0 Å². The first-order chi connectivity index (χ1) is 5.31. The van der Waals surface area contributed by atoms with Gasteiger partial charge in [-0.1, -0.05) is 29.8 Å². The van der Waals surface area contributed by atoms with Crippen LogP contribution >= 0.6 is 34.8 Å². The topological polar surface area (TPSA) is 0 Å². The summed E-state index contributed by atoms with van der Waals surface area (Å²) in [7, 11) is 0. The van der Waals surface area contributed by atoms with Crippen LogP contribution in [-0.4, -0.2) is 11.8 Å². The number of hydrogen-bond donors (Lipinski definition) is 0. The van der Waals surface area contributed by atoms with Crippen LogP contribution in [0, 0.1) is 0 Å². The number of hydrogen-bond acceptors (Lipinski definition) is 0. The fourth-order valence-corrected chi connectivity index (χ4v) is 0.560. The Morgan fingerprint density at radius 1 is 0.909 bits per heavy atom. The van der Waals surface area contributed by atoms with Crippen LogP contribution < -0.4 is 0 Å². The molecule has 0 fully saturated rings. The van der Waals surface area contributed by atoms with Crippen molar-refractivity contribution in [3.8, 4) is 0 Å². The van der Waals surface area contributed by atoms with Gasteiger partial charge in [-0.3, -0.25) is 0 Å². The molecule has 62 valence electrons. The zero-order valence-electron chi connectivity index (χ0n) is 5.93. The lowest BCUT2D eigenvalue weighted by Crippen LogP contribution is -1.63. The predicted octanol–water partition coefficient (Wildman–Crippen LogP) is 3.80. The van der Waals surface area contributed by atoms with Crippen LogP contribution in [0.4, 0.5) is 0 Å². The summed E-state index contributed by atoms with van der Waals surface area (Å²) in [6, 6.07) is 9.44. The van der Waals surface area contributed by atoms with Gasteiger partial charge in [0.05, 0.1) is 0 Å². The van der Waals surface area contributed by atoms with E-state index >= 15 is 0 Å². The second-order valence-corrected chi connectivity index (χ2v) is 2.87. The van der Waals surface area contributed by atoms with Crippen molar-refractivity contribution in [3.63, 3.8) is 0 Å². The summed E-state index contributed by atoms with van der Waals surface area (Å²) in [6.45, 7) is 0. The Morgan fingerprint density at radius 3 is 1.55 bits per heavy atom. The SMILES string of the molecule is ClCCCl.Clc1ccccc1. The molecule has 0 N–H and O–H groups in total. The van der Waals surface area contributed by atoms with Crippen molar-refractivity contribution in [2.24, 2.45) is 0 Å². The van der Waals surface area contributed by atoms with Gasteiger partial charge in [0.15, 0.2) is 0 Å².